The molecule has 2 aromatic carbocycles. The molecule has 5 rings (SSSR count). The van der Waals surface area contributed by atoms with Gasteiger partial charge in [0.25, 0.3) is 5.91 Å². The van der Waals surface area contributed by atoms with E-state index in [-0.39, 0.29) is 5.91 Å². The molecule has 0 radical (unpaired) electrons. The topological polar surface area (TPSA) is 69.2 Å². The number of carbonyl (C=O) groups excluding carboxylic acids is 1. The summed E-state index contributed by atoms with van der Waals surface area (Å²) in [5.41, 5.74) is 2.49. The lowest BCUT2D eigenvalue weighted by molar-refractivity contribution is -0.917. The van der Waals surface area contributed by atoms with Crippen LogP contribution < -0.4 is 14.4 Å². The number of quaternary nitrogens is 1. The van der Waals surface area contributed by atoms with Crippen molar-refractivity contribution in [3.63, 3.8) is 0 Å². The molecule has 1 N–H and O–H groups in total. The van der Waals surface area contributed by atoms with Gasteiger partial charge < -0.3 is 23.8 Å². The number of benzene rings is 2. The Morgan fingerprint density at radius 2 is 1.79 bits per heavy atom. The zero-order valence-corrected chi connectivity index (χ0v) is 16.0. The van der Waals surface area contributed by atoms with Crippen molar-refractivity contribution in [2.24, 2.45) is 0 Å². The van der Waals surface area contributed by atoms with Gasteiger partial charge in [0.05, 0.1) is 26.2 Å². The zero-order valence-electron chi connectivity index (χ0n) is 16.0. The van der Waals surface area contributed by atoms with E-state index in [4.69, 9.17) is 14.0 Å². The number of rotatable bonds is 4. The van der Waals surface area contributed by atoms with E-state index in [1.807, 2.05) is 47.4 Å². The normalized spacial score (nSPS) is 16.2. The Morgan fingerprint density at radius 1 is 1.00 bits per heavy atom. The van der Waals surface area contributed by atoms with E-state index < -0.39 is 0 Å². The largest absolute Gasteiger partial charge is 0.454 e. The molecule has 3 heterocycles. The highest BCUT2D eigenvalue weighted by molar-refractivity contribution is 5.93. The van der Waals surface area contributed by atoms with Gasteiger partial charge in [-0.1, -0.05) is 35.5 Å². The number of amides is 1. The fourth-order valence-corrected chi connectivity index (χ4v) is 3.82. The summed E-state index contributed by atoms with van der Waals surface area (Å²) in [6.07, 6.45) is 0. The predicted octanol–water partition coefficient (Wildman–Crippen LogP) is 1.61. The Bertz CT molecular complexity index is 1010. The molecule has 0 unspecified atom stereocenters. The minimum absolute atomic E-state index is 0.0712. The molecular weight excluding hydrogens is 370 g/mol. The average molecular weight is 392 g/mol. The van der Waals surface area contributed by atoms with E-state index in [9.17, 15) is 4.79 Å². The standard InChI is InChI=1S/C22H21N3O4/c26-22(18-13-20(29-23-18)17-4-2-1-3-5-17)25-10-8-24(9-11-25)14-16-6-7-19-21(12-16)28-15-27-19/h1-7,12-13H,8-11,14-15H2/p+1. The minimum atomic E-state index is -0.0712. The minimum Gasteiger partial charge on any atom is -0.454 e. The summed E-state index contributed by atoms with van der Waals surface area (Å²) in [4.78, 5) is 16.1. The molecule has 0 bridgehead atoms. The van der Waals surface area contributed by atoms with Crippen LogP contribution in [0.2, 0.25) is 0 Å². The van der Waals surface area contributed by atoms with Crippen LogP contribution in [-0.2, 0) is 6.54 Å². The number of nitrogens with zero attached hydrogens (tertiary/aromatic N) is 2. The van der Waals surface area contributed by atoms with Crippen molar-refractivity contribution in [1.82, 2.24) is 10.1 Å². The second-order valence-corrected chi connectivity index (χ2v) is 7.35. The Labute approximate surface area is 168 Å². The third-order valence-electron chi connectivity index (χ3n) is 5.44. The molecule has 1 aromatic heterocycles. The number of piperazine rings is 1. The van der Waals surface area contributed by atoms with E-state index in [0.29, 0.717) is 31.3 Å². The molecule has 0 spiro atoms. The molecule has 7 nitrogen and oxygen atoms in total. The average Bonchev–Trinajstić information content (AvgIpc) is 3.44. The highest BCUT2D eigenvalue weighted by Crippen LogP contribution is 2.32. The maximum atomic E-state index is 12.8. The first-order chi connectivity index (χ1) is 14.3. The van der Waals surface area contributed by atoms with E-state index in [1.165, 1.54) is 10.5 Å². The number of nitrogens with one attached hydrogen (secondary N) is 1. The summed E-state index contributed by atoms with van der Waals surface area (Å²) >= 11 is 0. The number of fused-ring (bicyclic) bond motifs is 1. The lowest BCUT2D eigenvalue weighted by Crippen LogP contribution is -3.13. The van der Waals surface area contributed by atoms with Crippen LogP contribution in [0.1, 0.15) is 16.1 Å². The van der Waals surface area contributed by atoms with Crippen LogP contribution >= 0.6 is 0 Å². The quantitative estimate of drug-likeness (QED) is 0.731. The molecule has 0 saturated carbocycles. The van der Waals surface area contributed by atoms with Crippen molar-refractivity contribution in [1.29, 1.82) is 0 Å². The Kier molecular flexibility index (Phi) is 4.65. The monoisotopic (exact) mass is 392 g/mol. The van der Waals surface area contributed by atoms with Crippen LogP contribution in [0.3, 0.4) is 0 Å². The molecule has 148 valence electrons. The van der Waals surface area contributed by atoms with E-state index >= 15 is 0 Å². The lowest BCUT2D eigenvalue weighted by Gasteiger charge is -2.31. The predicted molar refractivity (Wildman–Crippen MR) is 105 cm³/mol. The van der Waals surface area contributed by atoms with Crippen molar-refractivity contribution >= 4 is 5.91 Å². The molecule has 1 amide bonds. The van der Waals surface area contributed by atoms with Gasteiger partial charge in [-0.15, -0.1) is 0 Å². The third kappa shape index (κ3) is 3.69. The van der Waals surface area contributed by atoms with Crippen LogP contribution in [-0.4, -0.2) is 48.9 Å². The highest BCUT2D eigenvalue weighted by Gasteiger charge is 2.27. The smallest absolute Gasteiger partial charge is 0.276 e. The van der Waals surface area contributed by atoms with Crippen molar-refractivity contribution in [2.75, 3.05) is 33.0 Å². The number of hydrogen-bond donors (Lipinski definition) is 1. The number of aromatic nitrogens is 1. The van der Waals surface area contributed by atoms with Gasteiger partial charge in [0, 0.05) is 17.2 Å². The molecule has 3 aromatic rings. The zero-order chi connectivity index (χ0) is 19.6. The SMILES string of the molecule is O=C(c1cc(-c2ccccc2)on1)N1CC[NH+](Cc2ccc3c(c2)OCO3)CC1. The van der Waals surface area contributed by atoms with Gasteiger partial charge in [0.15, 0.2) is 23.0 Å². The van der Waals surface area contributed by atoms with Gasteiger partial charge in [-0.05, 0) is 18.2 Å². The summed E-state index contributed by atoms with van der Waals surface area (Å²) in [5, 5.41) is 3.99. The van der Waals surface area contributed by atoms with Gasteiger partial charge in [-0.25, -0.2) is 0 Å². The second kappa shape index (κ2) is 7.60. The molecule has 1 saturated heterocycles. The van der Waals surface area contributed by atoms with Crippen LogP contribution in [0.5, 0.6) is 11.5 Å². The Morgan fingerprint density at radius 3 is 2.62 bits per heavy atom. The van der Waals surface area contributed by atoms with E-state index in [1.54, 1.807) is 6.07 Å². The van der Waals surface area contributed by atoms with Crippen LogP contribution in [0, 0.1) is 0 Å². The summed E-state index contributed by atoms with van der Waals surface area (Å²) in [5.74, 6) is 2.16. The van der Waals surface area contributed by atoms with Crippen LogP contribution in [0.15, 0.2) is 59.1 Å². The van der Waals surface area contributed by atoms with Gasteiger partial charge in [0.1, 0.15) is 6.54 Å². The number of ether oxygens (including phenoxy) is 2. The molecular formula is C22H22N3O4+. The van der Waals surface area contributed by atoms with Crippen molar-refractivity contribution in [2.45, 2.75) is 6.54 Å². The number of hydrogen-bond acceptors (Lipinski definition) is 5. The van der Waals surface area contributed by atoms with Crippen LogP contribution in [0.25, 0.3) is 11.3 Å². The van der Waals surface area contributed by atoms with Gasteiger partial charge in [0.2, 0.25) is 6.79 Å². The first-order valence-corrected chi connectivity index (χ1v) is 9.80. The summed E-state index contributed by atoms with van der Waals surface area (Å²) in [6, 6.07) is 17.5. The maximum absolute atomic E-state index is 12.8. The fourth-order valence-electron chi connectivity index (χ4n) is 3.82. The molecule has 2 aliphatic rings. The second-order valence-electron chi connectivity index (χ2n) is 7.35. The molecule has 2 aliphatic heterocycles. The van der Waals surface area contributed by atoms with Gasteiger partial charge >= 0.3 is 0 Å². The third-order valence-corrected chi connectivity index (χ3v) is 5.44. The molecule has 7 heteroatoms. The van der Waals surface area contributed by atoms with Crippen molar-refractivity contribution < 1.29 is 23.7 Å². The Balaban J connectivity index is 1.18. The molecule has 0 aliphatic carbocycles. The molecule has 0 atom stereocenters. The maximum Gasteiger partial charge on any atom is 0.276 e. The Hall–Kier alpha value is -3.32. The highest BCUT2D eigenvalue weighted by atomic mass is 16.7. The van der Waals surface area contributed by atoms with Gasteiger partial charge in [-0.3, -0.25) is 4.79 Å². The number of carbonyl (C=O) groups is 1. The van der Waals surface area contributed by atoms with Crippen molar-refractivity contribution in [3.8, 4) is 22.8 Å². The molecule has 1 fully saturated rings. The molecule has 29 heavy (non-hydrogen) atoms. The van der Waals surface area contributed by atoms with Crippen molar-refractivity contribution in [3.05, 3.63) is 65.9 Å². The lowest BCUT2D eigenvalue weighted by atomic mass is 10.1. The summed E-state index contributed by atoms with van der Waals surface area (Å²) < 4.78 is 16.2. The summed E-state index contributed by atoms with van der Waals surface area (Å²) in [6.45, 7) is 4.38. The fraction of sp³-hybridized carbons (Fsp3) is 0.273. The first-order valence-electron chi connectivity index (χ1n) is 9.80. The van der Waals surface area contributed by atoms with E-state index in [0.717, 1.165) is 36.7 Å². The first kappa shape index (κ1) is 17.8. The van der Waals surface area contributed by atoms with E-state index in [2.05, 4.69) is 11.2 Å². The van der Waals surface area contributed by atoms with Gasteiger partial charge in [-0.2, -0.15) is 0 Å². The summed E-state index contributed by atoms with van der Waals surface area (Å²) in [7, 11) is 0. The van der Waals surface area contributed by atoms with Crippen LogP contribution in [0.4, 0.5) is 0 Å².